The van der Waals surface area contributed by atoms with Crippen LogP contribution in [0.2, 0.25) is 0 Å². The zero-order valence-electron chi connectivity index (χ0n) is 19.9. The highest BCUT2D eigenvalue weighted by molar-refractivity contribution is 7.13. The molecule has 0 spiro atoms. The van der Waals surface area contributed by atoms with Gasteiger partial charge in [-0.05, 0) is 29.6 Å². The lowest BCUT2D eigenvalue weighted by molar-refractivity contribution is -0.151. The molecule has 186 valence electrons. The Morgan fingerprint density at radius 3 is 2.65 bits per heavy atom. The molecular weight excluding hydrogens is 492 g/mol. The Balaban J connectivity index is 1.81. The van der Waals surface area contributed by atoms with Gasteiger partial charge >= 0.3 is 11.9 Å². The first-order valence-corrected chi connectivity index (χ1v) is 12.1. The molecule has 0 bridgehead atoms. The predicted molar refractivity (Wildman–Crippen MR) is 136 cm³/mol. The lowest BCUT2D eigenvalue weighted by Crippen LogP contribution is -2.22. The number of carbonyl (C=O) groups is 2. The third-order valence-electron chi connectivity index (χ3n) is 5.11. The molecule has 1 unspecified atom stereocenters. The minimum Gasteiger partial charge on any atom is -0.458 e. The molecule has 3 aromatic heterocycles. The summed E-state index contributed by atoms with van der Waals surface area (Å²) in [6.07, 6.45) is 0.280. The van der Waals surface area contributed by atoms with Gasteiger partial charge in [-0.15, -0.1) is 11.3 Å². The Labute approximate surface area is 217 Å². The molecule has 0 aliphatic heterocycles. The first-order chi connectivity index (χ1) is 18.0. The van der Waals surface area contributed by atoms with Gasteiger partial charge in [-0.3, -0.25) is 4.79 Å². The van der Waals surface area contributed by atoms with Crippen molar-refractivity contribution in [3.05, 3.63) is 95.6 Å². The summed E-state index contributed by atoms with van der Waals surface area (Å²) in [6.45, 7) is 4.84. The zero-order valence-corrected chi connectivity index (χ0v) is 20.7. The summed E-state index contributed by atoms with van der Waals surface area (Å²) in [7, 11) is 0. The van der Waals surface area contributed by atoms with Gasteiger partial charge in [-0.25, -0.2) is 9.78 Å². The van der Waals surface area contributed by atoms with Crippen molar-refractivity contribution in [2.75, 3.05) is 6.61 Å². The number of esters is 2. The van der Waals surface area contributed by atoms with Crippen molar-refractivity contribution in [1.82, 2.24) is 4.98 Å². The van der Waals surface area contributed by atoms with Crippen LogP contribution >= 0.6 is 11.3 Å². The topological polar surface area (TPSA) is 112 Å². The van der Waals surface area contributed by atoms with Crippen LogP contribution in [0.1, 0.15) is 29.9 Å². The van der Waals surface area contributed by atoms with E-state index in [1.807, 2.05) is 23.6 Å². The van der Waals surface area contributed by atoms with Crippen LogP contribution in [-0.4, -0.2) is 23.5 Å². The molecule has 4 aromatic rings. The molecule has 3 heterocycles. The number of hydrogen-bond donors (Lipinski definition) is 0. The molecule has 4 rings (SSSR count). The maximum absolute atomic E-state index is 12.9. The van der Waals surface area contributed by atoms with E-state index in [9.17, 15) is 14.9 Å². The Kier molecular flexibility index (Phi) is 8.13. The van der Waals surface area contributed by atoms with Crippen molar-refractivity contribution in [3.8, 4) is 33.8 Å². The second kappa shape index (κ2) is 11.8. The second-order valence-electron chi connectivity index (χ2n) is 7.70. The number of nitriles is 1. The van der Waals surface area contributed by atoms with E-state index < -0.39 is 18.0 Å². The number of rotatable bonds is 10. The lowest BCUT2D eigenvalue weighted by atomic mass is 10.1. The number of benzene rings is 1. The zero-order chi connectivity index (χ0) is 26.2. The Morgan fingerprint density at radius 2 is 1.97 bits per heavy atom. The fourth-order valence-corrected chi connectivity index (χ4v) is 4.13. The third kappa shape index (κ3) is 6.12. The highest BCUT2D eigenvalue weighted by Crippen LogP contribution is 2.37. The van der Waals surface area contributed by atoms with Gasteiger partial charge in [0, 0.05) is 18.1 Å². The number of ether oxygens (including phenoxy) is 3. The molecule has 0 aliphatic rings. The number of aromatic nitrogens is 1. The van der Waals surface area contributed by atoms with Gasteiger partial charge in [0.25, 0.3) is 0 Å². The number of furan rings is 1. The normalized spacial score (nSPS) is 11.2. The fraction of sp³-hybridized carbons (Fsp3) is 0.143. The van der Waals surface area contributed by atoms with Crippen LogP contribution in [0.4, 0.5) is 0 Å². The van der Waals surface area contributed by atoms with Crippen molar-refractivity contribution < 1.29 is 28.2 Å². The molecular formula is C28H22N2O6S. The van der Waals surface area contributed by atoms with Gasteiger partial charge in [0.15, 0.2) is 0 Å². The molecule has 0 radical (unpaired) electrons. The first kappa shape index (κ1) is 25.4. The monoisotopic (exact) mass is 514 g/mol. The molecule has 37 heavy (non-hydrogen) atoms. The summed E-state index contributed by atoms with van der Waals surface area (Å²) in [6, 6.07) is 19.8. The van der Waals surface area contributed by atoms with E-state index in [-0.39, 0.29) is 24.7 Å². The number of hydrogen-bond acceptors (Lipinski definition) is 9. The summed E-state index contributed by atoms with van der Waals surface area (Å²) in [4.78, 5) is 29.5. The Morgan fingerprint density at radius 1 is 1.16 bits per heavy atom. The van der Waals surface area contributed by atoms with Gasteiger partial charge < -0.3 is 18.6 Å². The molecule has 0 aliphatic carbocycles. The van der Waals surface area contributed by atoms with Crippen molar-refractivity contribution >= 4 is 23.3 Å². The molecule has 1 aromatic carbocycles. The maximum atomic E-state index is 12.9. The molecule has 0 fully saturated rings. The van der Waals surface area contributed by atoms with Crippen LogP contribution in [0, 0.1) is 11.3 Å². The average molecular weight is 515 g/mol. The molecule has 0 amide bonds. The van der Waals surface area contributed by atoms with Crippen LogP contribution in [-0.2, 0) is 25.7 Å². The van der Waals surface area contributed by atoms with Gasteiger partial charge in [0.05, 0.1) is 10.6 Å². The van der Waals surface area contributed by atoms with Gasteiger partial charge in [0.1, 0.15) is 36.4 Å². The molecule has 0 N–H and O–H groups in total. The number of nitrogens with zero attached hydrogens (tertiary/aromatic N) is 2. The van der Waals surface area contributed by atoms with Crippen LogP contribution in [0.5, 0.6) is 5.88 Å². The van der Waals surface area contributed by atoms with E-state index in [1.165, 1.54) is 24.3 Å². The highest BCUT2D eigenvalue weighted by Gasteiger charge is 2.28. The summed E-state index contributed by atoms with van der Waals surface area (Å²) < 4.78 is 22.3. The quantitative estimate of drug-likeness (QED) is 0.191. The lowest BCUT2D eigenvalue weighted by Gasteiger charge is -2.19. The van der Waals surface area contributed by atoms with E-state index in [2.05, 4.69) is 17.6 Å². The van der Waals surface area contributed by atoms with Gasteiger partial charge in [-0.2, -0.15) is 5.26 Å². The Bertz CT molecular complexity index is 1440. The van der Waals surface area contributed by atoms with E-state index in [0.717, 1.165) is 4.88 Å². The van der Waals surface area contributed by atoms with Crippen molar-refractivity contribution in [1.29, 1.82) is 5.26 Å². The van der Waals surface area contributed by atoms with Gasteiger partial charge in [0.2, 0.25) is 12.0 Å². The standard InChI is InChI=1S/C28H22N2O6S/c1-3-13-33-28(32)26(19-8-5-4-6-9-19)36-27-22(16-29)21(15-23(30-27)25-10-7-14-37-25)24-12-11-20(35-24)17-34-18(2)31/h3-12,14-15,26H,1,13,17H2,2H3. The van der Waals surface area contributed by atoms with Crippen molar-refractivity contribution in [3.63, 3.8) is 0 Å². The summed E-state index contributed by atoms with van der Waals surface area (Å²) in [5.74, 6) is -0.381. The van der Waals surface area contributed by atoms with Crippen molar-refractivity contribution in [2.45, 2.75) is 19.6 Å². The summed E-state index contributed by atoms with van der Waals surface area (Å²) in [5, 5.41) is 12.0. The Hall–Kier alpha value is -4.68. The van der Waals surface area contributed by atoms with Crippen LogP contribution in [0.3, 0.4) is 0 Å². The smallest absolute Gasteiger partial charge is 0.352 e. The minimum atomic E-state index is -1.18. The first-order valence-electron chi connectivity index (χ1n) is 11.2. The molecule has 9 heteroatoms. The van der Waals surface area contributed by atoms with E-state index in [1.54, 1.807) is 42.5 Å². The van der Waals surface area contributed by atoms with E-state index in [4.69, 9.17) is 18.6 Å². The van der Waals surface area contributed by atoms with Crippen LogP contribution in [0.15, 0.2) is 83.1 Å². The highest BCUT2D eigenvalue weighted by atomic mass is 32.1. The van der Waals surface area contributed by atoms with Crippen LogP contribution < -0.4 is 4.74 Å². The minimum absolute atomic E-state index is 0.00204. The summed E-state index contributed by atoms with van der Waals surface area (Å²) in [5.41, 5.74) is 1.55. The number of pyridine rings is 1. The van der Waals surface area contributed by atoms with Gasteiger partial charge in [-0.1, -0.05) is 49.1 Å². The number of thiophene rings is 1. The molecule has 8 nitrogen and oxygen atoms in total. The largest absolute Gasteiger partial charge is 0.458 e. The second-order valence-corrected chi connectivity index (χ2v) is 8.65. The van der Waals surface area contributed by atoms with Crippen molar-refractivity contribution in [2.24, 2.45) is 0 Å². The predicted octanol–water partition coefficient (Wildman–Crippen LogP) is 5.85. The molecule has 0 saturated heterocycles. The van der Waals surface area contributed by atoms with E-state index in [0.29, 0.717) is 28.3 Å². The molecule has 1 atom stereocenters. The maximum Gasteiger partial charge on any atom is 0.352 e. The molecule has 0 saturated carbocycles. The van der Waals surface area contributed by atoms with Crippen LogP contribution in [0.25, 0.3) is 21.9 Å². The van der Waals surface area contributed by atoms with E-state index >= 15 is 0 Å². The summed E-state index contributed by atoms with van der Waals surface area (Å²) >= 11 is 1.46. The number of carbonyl (C=O) groups excluding carboxylic acids is 2. The average Bonchev–Trinajstić information content (AvgIpc) is 3.62. The SMILES string of the molecule is C=CCOC(=O)C(Oc1nc(-c2cccs2)cc(-c2ccc(COC(C)=O)o2)c1C#N)c1ccccc1. The third-order valence-corrected chi connectivity index (χ3v) is 6.00. The fourth-order valence-electron chi connectivity index (χ4n) is 3.44.